The summed E-state index contributed by atoms with van der Waals surface area (Å²) < 4.78 is 5.46. The molecule has 1 aliphatic heterocycles. The number of carbonyl (C=O) groups is 1. The van der Waals surface area contributed by atoms with Gasteiger partial charge in [0.2, 0.25) is 0 Å². The quantitative estimate of drug-likeness (QED) is 0.582. The number of fused-ring (bicyclic) bond motifs is 3. The minimum Gasteiger partial charge on any atom is -0.454 e. The predicted molar refractivity (Wildman–Crippen MR) is 51.7 cm³/mol. The average molecular weight is 188 g/mol. The first-order valence-corrected chi connectivity index (χ1v) is 5.00. The Hall–Kier alpha value is -1.31. The van der Waals surface area contributed by atoms with Crippen LogP contribution < -0.4 is 0 Å². The molecule has 2 nitrogen and oxygen atoms in total. The summed E-state index contributed by atoms with van der Waals surface area (Å²) in [4.78, 5) is 11.2. The number of hydrogen-bond donors (Lipinski definition) is 0. The molecule has 0 saturated carbocycles. The largest absolute Gasteiger partial charge is 0.454 e. The number of benzene rings is 1. The lowest BCUT2D eigenvalue weighted by Crippen LogP contribution is -2.24. The molecule has 1 saturated heterocycles. The van der Waals surface area contributed by atoms with Gasteiger partial charge in [0, 0.05) is 5.92 Å². The van der Waals surface area contributed by atoms with Crippen LogP contribution in [0.5, 0.6) is 0 Å². The number of hydrogen-bond acceptors (Lipinski definition) is 2. The molecule has 3 rings (SSSR count). The van der Waals surface area contributed by atoms with E-state index in [2.05, 4.69) is 12.1 Å². The highest BCUT2D eigenvalue weighted by atomic mass is 16.6. The maximum atomic E-state index is 11.2. The van der Waals surface area contributed by atoms with Crippen molar-refractivity contribution in [2.24, 2.45) is 5.92 Å². The van der Waals surface area contributed by atoms with E-state index in [9.17, 15) is 4.79 Å². The second-order valence-electron chi connectivity index (χ2n) is 4.34. The SMILES string of the molecule is C[C@@]12OC(=O)C[C@@H]1Cc1ccccc12. The lowest BCUT2D eigenvalue weighted by molar-refractivity contribution is -0.148. The smallest absolute Gasteiger partial charge is 0.307 e. The molecular weight excluding hydrogens is 176 g/mol. The van der Waals surface area contributed by atoms with Gasteiger partial charge in [-0.1, -0.05) is 24.3 Å². The Morgan fingerprint density at radius 2 is 2.14 bits per heavy atom. The van der Waals surface area contributed by atoms with Crippen LogP contribution in [0.3, 0.4) is 0 Å². The van der Waals surface area contributed by atoms with Gasteiger partial charge in [-0.2, -0.15) is 0 Å². The van der Waals surface area contributed by atoms with E-state index in [4.69, 9.17) is 4.74 Å². The van der Waals surface area contributed by atoms with E-state index >= 15 is 0 Å². The van der Waals surface area contributed by atoms with Crippen molar-refractivity contribution in [3.8, 4) is 0 Å². The van der Waals surface area contributed by atoms with E-state index in [1.807, 2.05) is 19.1 Å². The van der Waals surface area contributed by atoms with Gasteiger partial charge < -0.3 is 4.74 Å². The summed E-state index contributed by atoms with van der Waals surface area (Å²) in [5, 5.41) is 0. The third kappa shape index (κ3) is 0.834. The van der Waals surface area contributed by atoms with Crippen LogP contribution in [0.4, 0.5) is 0 Å². The zero-order valence-electron chi connectivity index (χ0n) is 8.12. The highest BCUT2D eigenvalue weighted by Gasteiger charge is 2.51. The van der Waals surface area contributed by atoms with Gasteiger partial charge in [-0.05, 0) is 24.5 Å². The Bertz CT molecular complexity index is 411. The van der Waals surface area contributed by atoms with Crippen LogP contribution in [0.2, 0.25) is 0 Å². The molecule has 2 aliphatic rings. The molecule has 1 aromatic carbocycles. The normalized spacial score (nSPS) is 33.8. The molecule has 0 radical (unpaired) electrons. The third-order valence-corrected chi connectivity index (χ3v) is 3.54. The van der Waals surface area contributed by atoms with Crippen LogP contribution in [0, 0.1) is 5.92 Å². The first-order chi connectivity index (χ1) is 6.70. The molecule has 0 N–H and O–H groups in total. The minimum atomic E-state index is -0.340. The third-order valence-electron chi connectivity index (χ3n) is 3.54. The lowest BCUT2D eigenvalue weighted by Gasteiger charge is -2.23. The fourth-order valence-corrected chi connectivity index (χ4v) is 2.75. The number of esters is 1. The standard InChI is InChI=1S/C12H12O2/c1-12-9(7-11(13)14-12)6-8-4-2-3-5-10(8)12/h2-5,9H,6-7H2,1H3/t9-,12+/m0/s1. The summed E-state index contributed by atoms with van der Waals surface area (Å²) in [5.41, 5.74) is 2.21. The van der Waals surface area contributed by atoms with E-state index in [0.717, 1.165) is 6.42 Å². The van der Waals surface area contributed by atoms with Gasteiger partial charge >= 0.3 is 5.97 Å². The molecule has 1 fully saturated rings. The second-order valence-corrected chi connectivity index (χ2v) is 4.34. The average Bonchev–Trinajstić information content (AvgIpc) is 2.55. The first kappa shape index (κ1) is 8.04. The van der Waals surface area contributed by atoms with E-state index in [1.165, 1.54) is 11.1 Å². The molecule has 14 heavy (non-hydrogen) atoms. The van der Waals surface area contributed by atoms with Crippen LogP contribution in [-0.4, -0.2) is 5.97 Å². The minimum absolute atomic E-state index is 0.0491. The molecule has 2 heteroatoms. The fourth-order valence-electron chi connectivity index (χ4n) is 2.75. The second kappa shape index (κ2) is 2.38. The summed E-state index contributed by atoms with van der Waals surface area (Å²) >= 11 is 0. The van der Waals surface area contributed by atoms with Gasteiger partial charge in [-0.25, -0.2) is 0 Å². The maximum Gasteiger partial charge on any atom is 0.307 e. The van der Waals surface area contributed by atoms with Gasteiger partial charge in [0.25, 0.3) is 0 Å². The van der Waals surface area contributed by atoms with Crippen LogP contribution in [0.1, 0.15) is 24.5 Å². The van der Waals surface area contributed by atoms with Crippen LogP contribution in [-0.2, 0) is 21.6 Å². The fraction of sp³-hybridized carbons (Fsp3) is 0.417. The van der Waals surface area contributed by atoms with Crippen LogP contribution in [0.15, 0.2) is 24.3 Å². The van der Waals surface area contributed by atoms with Crippen molar-refractivity contribution in [1.82, 2.24) is 0 Å². The van der Waals surface area contributed by atoms with E-state index in [0.29, 0.717) is 12.3 Å². The molecule has 1 aliphatic carbocycles. The predicted octanol–water partition coefficient (Wildman–Crippen LogP) is 2.02. The maximum absolute atomic E-state index is 11.2. The molecule has 0 aromatic heterocycles. The molecule has 0 spiro atoms. The molecule has 72 valence electrons. The van der Waals surface area contributed by atoms with Gasteiger partial charge in [0.1, 0.15) is 5.60 Å². The van der Waals surface area contributed by atoms with Gasteiger partial charge in [-0.15, -0.1) is 0 Å². The van der Waals surface area contributed by atoms with Crippen molar-refractivity contribution in [2.45, 2.75) is 25.4 Å². The van der Waals surface area contributed by atoms with Gasteiger partial charge in [0.05, 0.1) is 6.42 Å². The van der Waals surface area contributed by atoms with E-state index in [-0.39, 0.29) is 11.6 Å². The van der Waals surface area contributed by atoms with Crippen molar-refractivity contribution in [3.05, 3.63) is 35.4 Å². The molecule has 0 amide bonds. The van der Waals surface area contributed by atoms with E-state index in [1.54, 1.807) is 0 Å². The van der Waals surface area contributed by atoms with Crippen molar-refractivity contribution >= 4 is 5.97 Å². The first-order valence-electron chi connectivity index (χ1n) is 5.00. The monoisotopic (exact) mass is 188 g/mol. The molecule has 0 unspecified atom stereocenters. The van der Waals surface area contributed by atoms with Crippen LogP contribution in [0.25, 0.3) is 0 Å². The number of rotatable bonds is 0. The summed E-state index contributed by atoms with van der Waals surface area (Å²) in [7, 11) is 0. The van der Waals surface area contributed by atoms with Crippen molar-refractivity contribution in [1.29, 1.82) is 0 Å². The van der Waals surface area contributed by atoms with Crippen molar-refractivity contribution in [3.63, 3.8) is 0 Å². The Morgan fingerprint density at radius 3 is 3.00 bits per heavy atom. The molecule has 1 heterocycles. The van der Waals surface area contributed by atoms with Gasteiger partial charge in [-0.3, -0.25) is 4.79 Å². The van der Waals surface area contributed by atoms with Crippen molar-refractivity contribution < 1.29 is 9.53 Å². The Kier molecular flexibility index (Phi) is 1.37. The zero-order chi connectivity index (χ0) is 9.76. The summed E-state index contributed by atoms with van der Waals surface area (Å²) in [5.74, 6) is 0.305. The Morgan fingerprint density at radius 1 is 1.36 bits per heavy atom. The van der Waals surface area contributed by atoms with Gasteiger partial charge in [0.15, 0.2) is 0 Å². The topological polar surface area (TPSA) is 26.3 Å². The molecular formula is C12H12O2. The summed E-state index contributed by atoms with van der Waals surface area (Å²) in [6.07, 6.45) is 1.56. The van der Waals surface area contributed by atoms with Crippen molar-refractivity contribution in [2.75, 3.05) is 0 Å². The molecule has 1 aromatic rings. The highest BCUT2D eigenvalue weighted by molar-refractivity contribution is 5.74. The summed E-state index contributed by atoms with van der Waals surface area (Å²) in [6.45, 7) is 2.04. The Labute approximate surface area is 82.9 Å². The number of ether oxygens (including phenoxy) is 1. The highest BCUT2D eigenvalue weighted by Crippen LogP contribution is 2.49. The van der Waals surface area contributed by atoms with E-state index < -0.39 is 0 Å². The molecule has 2 atom stereocenters. The molecule has 0 bridgehead atoms. The lowest BCUT2D eigenvalue weighted by atomic mass is 9.90. The summed E-state index contributed by atoms with van der Waals surface area (Å²) in [6, 6.07) is 8.27. The Balaban J connectivity index is 2.15. The van der Waals surface area contributed by atoms with Crippen LogP contribution >= 0.6 is 0 Å². The zero-order valence-corrected chi connectivity index (χ0v) is 8.12. The number of carbonyl (C=O) groups excluding carboxylic acids is 1.